The Morgan fingerprint density at radius 2 is 1.97 bits per heavy atom. The normalized spacial score (nSPS) is 14.4. The first-order valence-corrected chi connectivity index (χ1v) is 10.8. The maximum absolute atomic E-state index is 13.3. The molecular weight excluding hydrogens is 491 g/mol. The fourth-order valence-electron chi connectivity index (χ4n) is 2.85. The van der Waals surface area contributed by atoms with E-state index in [4.69, 9.17) is 21.1 Å². The lowest BCUT2D eigenvalue weighted by Crippen LogP contribution is -2.36. The number of methoxy groups -OCH3 is 2. The van der Waals surface area contributed by atoms with Crippen molar-refractivity contribution in [3.63, 3.8) is 0 Å². The average molecular weight is 509 g/mol. The van der Waals surface area contributed by atoms with Crippen molar-refractivity contribution in [2.75, 3.05) is 32.7 Å². The molecular formula is C22H18ClFN2O7S. The van der Waals surface area contributed by atoms with Crippen LogP contribution in [0.4, 0.5) is 14.9 Å². The summed E-state index contributed by atoms with van der Waals surface area (Å²) >= 11 is 6.89. The van der Waals surface area contributed by atoms with Crippen LogP contribution in [0.3, 0.4) is 0 Å². The third-order valence-electron chi connectivity index (χ3n) is 4.40. The van der Waals surface area contributed by atoms with Gasteiger partial charge in [0.1, 0.15) is 12.4 Å². The number of ether oxygens (including phenoxy) is 3. The van der Waals surface area contributed by atoms with E-state index < -0.39 is 35.4 Å². The fraction of sp³-hybridized carbons (Fsp3) is 0.182. The molecule has 1 saturated heterocycles. The highest BCUT2D eigenvalue weighted by Crippen LogP contribution is 2.39. The number of carbonyl (C=O) groups excluding carboxylic acids is 4. The highest BCUT2D eigenvalue weighted by molar-refractivity contribution is 8.18. The quantitative estimate of drug-likeness (QED) is 0.424. The lowest BCUT2D eigenvalue weighted by molar-refractivity contribution is -0.143. The number of halogens is 2. The summed E-state index contributed by atoms with van der Waals surface area (Å²) in [5, 5.41) is 1.90. The van der Waals surface area contributed by atoms with Gasteiger partial charge in [-0.1, -0.05) is 17.7 Å². The van der Waals surface area contributed by atoms with E-state index in [9.17, 15) is 23.6 Å². The van der Waals surface area contributed by atoms with Gasteiger partial charge in [-0.25, -0.2) is 9.18 Å². The Balaban J connectivity index is 1.74. The molecule has 2 aromatic rings. The summed E-state index contributed by atoms with van der Waals surface area (Å²) < 4.78 is 28.4. The van der Waals surface area contributed by atoms with Crippen LogP contribution in [-0.2, 0) is 19.1 Å². The third-order valence-corrected chi connectivity index (χ3v) is 5.58. The number of carbonyl (C=O) groups is 4. The van der Waals surface area contributed by atoms with E-state index in [0.29, 0.717) is 17.3 Å². The van der Waals surface area contributed by atoms with Gasteiger partial charge in [-0.3, -0.25) is 19.3 Å². The first-order valence-electron chi connectivity index (χ1n) is 9.59. The van der Waals surface area contributed by atoms with Crippen LogP contribution in [-0.4, -0.2) is 55.3 Å². The summed E-state index contributed by atoms with van der Waals surface area (Å²) in [5.74, 6) is -2.19. The molecule has 0 saturated carbocycles. The van der Waals surface area contributed by atoms with Crippen LogP contribution in [0.2, 0.25) is 5.02 Å². The highest BCUT2D eigenvalue weighted by atomic mass is 35.5. The van der Waals surface area contributed by atoms with Crippen LogP contribution in [0.15, 0.2) is 41.3 Å². The maximum Gasteiger partial charge on any atom is 0.343 e. The van der Waals surface area contributed by atoms with E-state index in [1.165, 1.54) is 50.6 Å². The zero-order valence-electron chi connectivity index (χ0n) is 17.9. The van der Waals surface area contributed by atoms with Crippen molar-refractivity contribution >= 4 is 58.1 Å². The van der Waals surface area contributed by atoms with Gasteiger partial charge in [0.25, 0.3) is 11.1 Å². The first kappa shape index (κ1) is 25.1. The van der Waals surface area contributed by atoms with Crippen LogP contribution in [0.1, 0.15) is 5.56 Å². The lowest BCUT2D eigenvalue weighted by atomic mass is 10.1. The van der Waals surface area contributed by atoms with E-state index in [2.05, 4.69) is 10.1 Å². The minimum absolute atomic E-state index is 0.0601. The minimum atomic E-state index is -0.675. The van der Waals surface area contributed by atoms with Crippen LogP contribution in [0.5, 0.6) is 11.5 Å². The van der Waals surface area contributed by atoms with Crippen molar-refractivity contribution in [2.45, 2.75) is 0 Å². The Morgan fingerprint density at radius 1 is 1.21 bits per heavy atom. The Bertz CT molecular complexity index is 1190. The molecule has 9 nitrogen and oxygen atoms in total. The topological polar surface area (TPSA) is 111 Å². The smallest absolute Gasteiger partial charge is 0.343 e. The monoisotopic (exact) mass is 508 g/mol. The Hall–Kier alpha value is -3.57. The lowest BCUT2D eigenvalue weighted by Gasteiger charge is -2.13. The number of anilines is 1. The predicted octanol–water partition coefficient (Wildman–Crippen LogP) is 3.71. The standard InChI is InChI=1S/C22H18ClFN2O7S/c1-31-16-7-12(6-15(23)20(16)33-11-19(28)32-2)8-17-21(29)26(22(30)34-17)10-18(27)25-14-5-3-4-13(24)9-14/h3-9H,10-11H2,1-2H3,(H,25,27)/b17-8+. The molecule has 2 aromatic carbocycles. The number of hydrogen-bond acceptors (Lipinski definition) is 8. The number of nitrogens with one attached hydrogen (secondary N) is 1. The number of imide groups is 1. The Morgan fingerprint density at radius 3 is 2.65 bits per heavy atom. The molecule has 0 spiro atoms. The summed E-state index contributed by atoms with van der Waals surface area (Å²) in [6.07, 6.45) is 1.41. The SMILES string of the molecule is COC(=O)COc1c(Cl)cc(/C=C2/SC(=O)N(CC(=O)Nc3cccc(F)c3)C2=O)cc1OC. The number of hydrogen-bond donors (Lipinski definition) is 1. The maximum atomic E-state index is 13.3. The molecule has 3 rings (SSSR count). The molecule has 34 heavy (non-hydrogen) atoms. The third kappa shape index (κ3) is 6.06. The average Bonchev–Trinajstić information content (AvgIpc) is 3.04. The molecule has 1 heterocycles. The van der Waals surface area contributed by atoms with E-state index >= 15 is 0 Å². The van der Waals surface area contributed by atoms with Gasteiger partial charge in [0.15, 0.2) is 18.1 Å². The number of esters is 1. The number of benzene rings is 2. The van der Waals surface area contributed by atoms with Crippen LogP contribution < -0.4 is 14.8 Å². The van der Waals surface area contributed by atoms with Crippen molar-refractivity contribution in [2.24, 2.45) is 0 Å². The largest absolute Gasteiger partial charge is 0.493 e. The summed E-state index contributed by atoms with van der Waals surface area (Å²) in [4.78, 5) is 49.4. The molecule has 0 bridgehead atoms. The second kappa shape index (κ2) is 11.0. The first-order chi connectivity index (χ1) is 16.2. The Kier molecular flexibility index (Phi) is 8.13. The van der Waals surface area contributed by atoms with Crippen molar-refractivity contribution < 1.29 is 37.8 Å². The van der Waals surface area contributed by atoms with Crippen molar-refractivity contribution in [1.29, 1.82) is 0 Å². The van der Waals surface area contributed by atoms with E-state index in [-0.39, 0.29) is 33.7 Å². The van der Waals surface area contributed by atoms with E-state index in [0.717, 1.165) is 11.0 Å². The van der Waals surface area contributed by atoms with Crippen molar-refractivity contribution in [3.8, 4) is 11.5 Å². The zero-order chi connectivity index (χ0) is 24.8. The number of thioether (sulfide) groups is 1. The molecule has 0 atom stereocenters. The van der Waals surface area contributed by atoms with Crippen LogP contribution >= 0.6 is 23.4 Å². The molecule has 0 aromatic heterocycles. The van der Waals surface area contributed by atoms with Crippen LogP contribution in [0.25, 0.3) is 6.08 Å². The molecule has 3 amide bonds. The van der Waals surface area contributed by atoms with Crippen molar-refractivity contribution in [3.05, 3.63) is 57.7 Å². The van der Waals surface area contributed by atoms with Gasteiger partial charge in [-0.2, -0.15) is 0 Å². The number of amides is 3. The van der Waals surface area contributed by atoms with Gasteiger partial charge >= 0.3 is 5.97 Å². The van der Waals surface area contributed by atoms with E-state index in [1.807, 2.05) is 0 Å². The minimum Gasteiger partial charge on any atom is -0.493 e. The molecule has 1 aliphatic heterocycles. The molecule has 0 radical (unpaired) electrons. The fourth-order valence-corrected chi connectivity index (χ4v) is 3.96. The van der Waals surface area contributed by atoms with Gasteiger partial charge < -0.3 is 19.5 Å². The summed E-state index contributed by atoms with van der Waals surface area (Å²) in [6.45, 7) is -0.925. The van der Waals surface area contributed by atoms with Gasteiger partial charge in [0.2, 0.25) is 5.91 Å². The zero-order valence-corrected chi connectivity index (χ0v) is 19.5. The molecule has 0 unspecified atom stereocenters. The summed E-state index contributed by atoms with van der Waals surface area (Å²) in [6, 6.07) is 8.19. The molecule has 1 aliphatic rings. The second-order valence-electron chi connectivity index (χ2n) is 6.73. The van der Waals surface area contributed by atoms with Gasteiger partial charge in [-0.05, 0) is 53.7 Å². The number of nitrogens with zero attached hydrogens (tertiary/aromatic N) is 1. The molecule has 178 valence electrons. The Labute approximate surface area is 202 Å². The van der Waals surface area contributed by atoms with Gasteiger partial charge in [0.05, 0.1) is 24.1 Å². The van der Waals surface area contributed by atoms with Crippen molar-refractivity contribution in [1.82, 2.24) is 4.90 Å². The van der Waals surface area contributed by atoms with Crippen LogP contribution in [0, 0.1) is 5.82 Å². The molecule has 0 aliphatic carbocycles. The van der Waals surface area contributed by atoms with Gasteiger partial charge in [0, 0.05) is 5.69 Å². The van der Waals surface area contributed by atoms with E-state index in [1.54, 1.807) is 0 Å². The van der Waals surface area contributed by atoms with Gasteiger partial charge in [-0.15, -0.1) is 0 Å². The summed E-state index contributed by atoms with van der Waals surface area (Å²) in [5.41, 5.74) is 0.616. The summed E-state index contributed by atoms with van der Waals surface area (Å²) in [7, 11) is 2.58. The highest BCUT2D eigenvalue weighted by Gasteiger charge is 2.36. The predicted molar refractivity (Wildman–Crippen MR) is 123 cm³/mol. The molecule has 1 fully saturated rings. The number of rotatable bonds is 8. The molecule has 1 N–H and O–H groups in total. The second-order valence-corrected chi connectivity index (χ2v) is 8.13. The molecule has 12 heteroatoms.